The molecule has 2 aromatic heterocycles. The third kappa shape index (κ3) is 6.07. The van der Waals surface area contributed by atoms with Crippen LogP contribution in [-0.2, 0) is 17.9 Å². The fourth-order valence-electron chi connectivity index (χ4n) is 2.46. The number of aryl methyl sites for hydroxylation is 1. The highest BCUT2D eigenvalue weighted by molar-refractivity contribution is 7.99. The van der Waals surface area contributed by atoms with E-state index < -0.39 is 0 Å². The quantitative estimate of drug-likeness (QED) is 0.407. The zero-order chi connectivity index (χ0) is 20.6. The summed E-state index contributed by atoms with van der Waals surface area (Å²) in [6.45, 7) is 6.57. The van der Waals surface area contributed by atoms with Gasteiger partial charge in [-0.2, -0.15) is 0 Å². The number of ether oxygens (including phenoxy) is 1. The number of hydrogen-bond acceptors (Lipinski definition) is 6. The number of pyridine rings is 1. The van der Waals surface area contributed by atoms with Crippen LogP contribution in [0.1, 0.15) is 11.4 Å². The Morgan fingerprint density at radius 1 is 1.34 bits per heavy atom. The summed E-state index contributed by atoms with van der Waals surface area (Å²) < 4.78 is 7.70. The van der Waals surface area contributed by atoms with Gasteiger partial charge in [0.15, 0.2) is 11.0 Å². The standard InChI is InChI=1S/C20H20ClN5O2S/c1-3-9-26-18(12-28-16-6-4-5-14(2)10-16)24-25-20(26)29-13-19(27)23-17-8-7-15(21)11-22-17/h3-8,10-11H,1,9,12-13H2,2H3,(H,22,23,27). The van der Waals surface area contributed by atoms with Gasteiger partial charge in [0, 0.05) is 12.7 Å². The van der Waals surface area contributed by atoms with Crippen LogP contribution in [0.15, 0.2) is 60.4 Å². The van der Waals surface area contributed by atoms with E-state index in [1.54, 1.807) is 18.2 Å². The van der Waals surface area contributed by atoms with Gasteiger partial charge in [-0.05, 0) is 36.8 Å². The number of allylic oxidation sites excluding steroid dienone is 1. The fourth-order valence-corrected chi connectivity index (χ4v) is 3.34. The number of thioether (sulfide) groups is 1. The zero-order valence-electron chi connectivity index (χ0n) is 15.8. The lowest BCUT2D eigenvalue weighted by Crippen LogP contribution is -2.15. The minimum atomic E-state index is -0.199. The van der Waals surface area contributed by atoms with Crippen molar-refractivity contribution in [1.82, 2.24) is 19.7 Å². The van der Waals surface area contributed by atoms with E-state index in [9.17, 15) is 4.79 Å². The van der Waals surface area contributed by atoms with Gasteiger partial charge >= 0.3 is 0 Å². The van der Waals surface area contributed by atoms with Gasteiger partial charge in [-0.15, -0.1) is 16.8 Å². The van der Waals surface area contributed by atoms with Crippen LogP contribution in [0.25, 0.3) is 0 Å². The third-order valence-corrected chi connectivity index (χ3v) is 4.98. The second-order valence-corrected chi connectivity index (χ2v) is 7.48. The van der Waals surface area contributed by atoms with Crippen molar-refractivity contribution in [2.45, 2.75) is 25.2 Å². The molecule has 1 N–H and O–H groups in total. The highest BCUT2D eigenvalue weighted by atomic mass is 35.5. The van der Waals surface area contributed by atoms with E-state index in [-0.39, 0.29) is 18.3 Å². The zero-order valence-corrected chi connectivity index (χ0v) is 17.4. The summed E-state index contributed by atoms with van der Waals surface area (Å²) in [5.74, 6) is 1.84. The van der Waals surface area contributed by atoms with E-state index in [0.29, 0.717) is 28.4 Å². The predicted molar refractivity (Wildman–Crippen MR) is 114 cm³/mol. The Morgan fingerprint density at radius 3 is 2.93 bits per heavy atom. The molecule has 7 nitrogen and oxygen atoms in total. The molecule has 1 amide bonds. The molecular formula is C20H20ClN5O2S. The van der Waals surface area contributed by atoms with E-state index in [2.05, 4.69) is 27.1 Å². The van der Waals surface area contributed by atoms with Gasteiger partial charge < -0.3 is 10.1 Å². The summed E-state index contributed by atoms with van der Waals surface area (Å²) in [6, 6.07) is 11.1. The fraction of sp³-hybridized carbons (Fsp3) is 0.200. The van der Waals surface area contributed by atoms with Crippen molar-refractivity contribution in [2.75, 3.05) is 11.1 Å². The number of carbonyl (C=O) groups is 1. The first kappa shape index (κ1) is 20.9. The summed E-state index contributed by atoms with van der Waals surface area (Å²) in [7, 11) is 0. The Bertz CT molecular complexity index is 991. The maximum absolute atomic E-state index is 12.2. The lowest BCUT2D eigenvalue weighted by atomic mass is 10.2. The summed E-state index contributed by atoms with van der Waals surface area (Å²) in [4.78, 5) is 16.2. The van der Waals surface area contributed by atoms with Gasteiger partial charge in [0.2, 0.25) is 5.91 Å². The van der Waals surface area contributed by atoms with Crippen molar-refractivity contribution < 1.29 is 9.53 Å². The molecule has 0 atom stereocenters. The van der Waals surface area contributed by atoms with Crippen LogP contribution in [0.4, 0.5) is 5.82 Å². The molecule has 0 saturated heterocycles. The molecule has 0 unspecified atom stereocenters. The Balaban J connectivity index is 1.60. The number of benzene rings is 1. The first-order valence-corrected chi connectivity index (χ1v) is 10.2. The highest BCUT2D eigenvalue weighted by Crippen LogP contribution is 2.20. The van der Waals surface area contributed by atoms with Crippen LogP contribution < -0.4 is 10.1 Å². The summed E-state index contributed by atoms with van der Waals surface area (Å²) in [5, 5.41) is 12.2. The largest absolute Gasteiger partial charge is 0.486 e. The van der Waals surface area contributed by atoms with Gasteiger partial charge in [-0.3, -0.25) is 9.36 Å². The average Bonchev–Trinajstić information content (AvgIpc) is 3.09. The number of nitrogens with one attached hydrogen (secondary N) is 1. The number of rotatable bonds is 9. The molecule has 0 radical (unpaired) electrons. The number of carbonyl (C=O) groups excluding carboxylic acids is 1. The molecule has 0 saturated carbocycles. The Morgan fingerprint density at radius 2 is 2.21 bits per heavy atom. The van der Waals surface area contributed by atoms with E-state index in [0.717, 1.165) is 11.3 Å². The lowest BCUT2D eigenvalue weighted by Gasteiger charge is -2.09. The van der Waals surface area contributed by atoms with Crippen molar-refractivity contribution >= 4 is 35.1 Å². The molecule has 0 bridgehead atoms. The van der Waals surface area contributed by atoms with E-state index >= 15 is 0 Å². The summed E-state index contributed by atoms with van der Waals surface area (Å²) in [6.07, 6.45) is 3.23. The first-order chi connectivity index (χ1) is 14.0. The van der Waals surface area contributed by atoms with Gasteiger partial charge in [0.25, 0.3) is 0 Å². The molecular weight excluding hydrogens is 410 g/mol. The maximum atomic E-state index is 12.2. The van der Waals surface area contributed by atoms with Crippen LogP contribution in [0, 0.1) is 6.92 Å². The van der Waals surface area contributed by atoms with E-state index in [1.165, 1.54) is 18.0 Å². The van der Waals surface area contributed by atoms with Crippen molar-refractivity contribution in [3.05, 3.63) is 71.7 Å². The number of aromatic nitrogens is 4. The van der Waals surface area contributed by atoms with Crippen molar-refractivity contribution in [2.24, 2.45) is 0 Å². The topological polar surface area (TPSA) is 81.9 Å². The molecule has 0 aliphatic carbocycles. The molecule has 9 heteroatoms. The van der Waals surface area contributed by atoms with Crippen LogP contribution in [-0.4, -0.2) is 31.4 Å². The molecule has 29 heavy (non-hydrogen) atoms. The predicted octanol–water partition coefficient (Wildman–Crippen LogP) is 4.13. The molecule has 0 fully saturated rings. The SMILES string of the molecule is C=CCn1c(COc2cccc(C)c2)nnc1SCC(=O)Nc1ccc(Cl)cn1. The number of amides is 1. The third-order valence-electron chi connectivity index (χ3n) is 3.79. The van der Waals surface area contributed by atoms with Gasteiger partial charge in [0.05, 0.1) is 10.8 Å². The van der Waals surface area contributed by atoms with Crippen molar-refractivity contribution in [3.8, 4) is 5.75 Å². The van der Waals surface area contributed by atoms with E-state index in [1.807, 2.05) is 35.8 Å². The number of anilines is 1. The molecule has 150 valence electrons. The van der Waals surface area contributed by atoms with Crippen LogP contribution in [0.3, 0.4) is 0 Å². The van der Waals surface area contributed by atoms with Crippen molar-refractivity contribution in [3.63, 3.8) is 0 Å². The molecule has 0 aliphatic rings. The summed E-state index contributed by atoms with van der Waals surface area (Å²) >= 11 is 7.08. The van der Waals surface area contributed by atoms with Crippen molar-refractivity contribution in [1.29, 1.82) is 0 Å². The first-order valence-electron chi connectivity index (χ1n) is 8.82. The molecule has 1 aromatic carbocycles. The molecule has 0 aliphatic heterocycles. The number of nitrogens with zero attached hydrogens (tertiary/aromatic N) is 4. The van der Waals surface area contributed by atoms with Crippen LogP contribution in [0.5, 0.6) is 5.75 Å². The summed E-state index contributed by atoms with van der Waals surface area (Å²) in [5.41, 5.74) is 1.12. The number of halogens is 1. The second kappa shape index (κ2) is 10.1. The highest BCUT2D eigenvalue weighted by Gasteiger charge is 2.14. The van der Waals surface area contributed by atoms with Crippen LogP contribution >= 0.6 is 23.4 Å². The smallest absolute Gasteiger partial charge is 0.236 e. The maximum Gasteiger partial charge on any atom is 0.236 e. The Labute approximate surface area is 178 Å². The Hall–Kier alpha value is -2.84. The lowest BCUT2D eigenvalue weighted by molar-refractivity contribution is -0.113. The molecule has 0 spiro atoms. The van der Waals surface area contributed by atoms with Gasteiger partial charge in [0.1, 0.15) is 18.2 Å². The van der Waals surface area contributed by atoms with Crippen LogP contribution in [0.2, 0.25) is 5.02 Å². The minimum absolute atomic E-state index is 0.165. The second-order valence-electron chi connectivity index (χ2n) is 6.10. The van der Waals surface area contributed by atoms with E-state index in [4.69, 9.17) is 16.3 Å². The normalized spacial score (nSPS) is 10.6. The minimum Gasteiger partial charge on any atom is -0.486 e. The Kier molecular flexibility index (Phi) is 7.26. The monoisotopic (exact) mass is 429 g/mol. The molecule has 2 heterocycles. The van der Waals surface area contributed by atoms with Gasteiger partial charge in [-0.25, -0.2) is 4.98 Å². The molecule has 3 rings (SSSR count). The average molecular weight is 430 g/mol. The molecule has 3 aromatic rings. The van der Waals surface area contributed by atoms with Gasteiger partial charge in [-0.1, -0.05) is 41.6 Å². The number of hydrogen-bond donors (Lipinski definition) is 1.